The smallest absolute Gasteiger partial charge is 0.129 e. The molecule has 0 aromatic carbocycles. The van der Waals surface area contributed by atoms with Crippen molar-refractivity contribution in [3.63, 3.8) is 0 Å². The number of allylic oxidation sites excluding steroid dienone is 6. The molecule has 0 amide bonds. The van der Waals surface area contributed by atoms with Gasteiger partial charge < -0.3 is 4.74 Å². The van der Waals surface area contributed by atoms with Gasteiger partial charge in [0.15, 0.2) is 0 Å². The number of hydrogen-bond donors (Lipinski definition) is 0. The van der Waals surface area contributed by atoms with Crippen LogP contribution in [0.2, 0.25) is 0 Å². The van der Waals surface area contributed by atoms with Crippen LogP contribution < -0.4 is 0 Å². The average Bonchev–Trinajstić information content (AvgIpc) is 2.27. The fourth-order valence-electron chi connectivity index (χ4n) is 1.43. The molecule has 0 saturated carbocycles. The lowest BCUT2D eigenvalue weighted by Crippen LogP contribution is -2.00. The van der Waals surface area contributed by atoms with Gasteiger partial charge in [-0.2, -0.15) is 0 Å². The number of hydrogen-bond acceptors (Lipinski definition) is 1. The number of rotatable bonds is 0. The Kier molecular flexibility index (Phi) is 1.87. The van der Waals surface area contributed by atoms with Crippen molar-refractivity contribution >= 4 is 0 Å². The summed E-state index contributed by atoms with van der Waals surface area (Å²) in [5.74, 6) is 0.990. The quantitative estimate of drug-likeness (QED) is 0.547. The Bertz CT molecular complexity index is 297. The van der Waals surface area contributed by atoms with Crippen molar-refractivity contribution in [3.05, 3.63) is 48.0 Å². The molecule has 68 valence electrons. The summed E-state index contributed by atoms with van der Waals surface area (Å²) in [7, 11) is 0. The molecular formula is C12H14O. The van der Waals surface area contributed by atoms with Gasteiger partial charge in [-0.05, 0) is 24.1 Å². The van der Waals surface area contributed by atoms with Gasteiger partial charge in [0, 0.05) is 5.41 Å². The fraction of sp³-hybridized carbons (Fsp3) is 0.333. The van der Waals surface area contributed by atoms with Gasteiger partial charge in [-0.15, -0.1) is 0 Å². The average molecular weight is 174 g/mol. The molecular weight excluding hydrogens is 160 g/mol. The van der Waals surface area contributed by atoms with Gasteiger partial charge in [-0.3, -0.25) is 0 Å². The van der Waals surface area contributed by atoms with E-state index in [1.54, 1.807) is 6.26 Å². The second-order valence-electron chi connectivity index (χ2n) is 4.07. The monoisotopic (exact) mass is 174 g/mol. The van der Waals surface area contributed by atoms with Crippen LogP contribution in [-0.4, -0.2) is 0 Å². The molecule has 1 aliphatic carbocycles. The zero-order chi connectivity index (χ0) is 9.31. The highest BCUT2D eigenvalue weighted by Crippen LogP contribution is 2.28. The first kappa shape index (κ1) is 8.36. The first-order valence-electron chi connectivity index (χ1n) is 4.61. The maximum Gasteiger partial charge on any atom is 0.129 e. The summed E-state index contributed by atoms with van der Waals surface area (Å²) in [6.45, 7) is 4.37. The standard InChI is InChI=1S/C12H14O/c1-12(2)7-5-10-4-3-9-13-11(10)6-8-12/h3,5-9H,4H2,1-2H3. The second-order valence-corrected chi connectivity index (χ2v) is 4.07. The Labute approximate surface area is 79.1 Å². The van der Waals surface area contributed by atoms with Gasteiger partial charge in [-0.25, -0.2) is 0 Å². The van der Waals surface area contributed by atoms with Crippen molar-refractivity contribution < 1.29 is 4.74 Å². The lowest BCUT2D eigenvalue weighted by molar-refractivity contribution is 0.354. The molecule has 0 N–H and O–H groups in total. The molecule has 13 heavy (non-hydrogen) atoms. The summed E-state index contributed by atoms with van der Waals surface area (Å²) in [6.07, 6.45) is 13.4. The highest BCUT2D eigenvalue weighted by molar-refractivity contribution is 5.37. The van der Waals surface area contributed by atoms with E-state index in [1.807, 2.05) is 6.08 Å². The maximum absolute atomic E-state index is 5.42. The molecule has 1 heterocycles. The largest absolute Gasteiger partial charge is 0.465 e. The Morgan fingerprint density at radius 3 is 2.85 bits per heavy atom. The topological polar surface area (TPSA) is 9.23 Å². The molecule has 1 nitrogen and oxygen atoms in total. The van der Waals surface area contributed by atoms with E-state index in [9.17, 15) is 0 Å². The van der Waals surface area contributed by atoms with Crippen LogP contribution >= 0.6 is 0 Å². The molecule has 0 radical (unpaired) electrons. The minimum atomic E-state index is 0.140. The molecule has 1 aliphatic heterocycles. The minimum Gasteiger partial charge on any atom is -0.465 e. The first-order chi connectivity index (χ1) is 6.17. The minimum absolute atomic E-state index is 0.140. The van der Waals surface area contributed by atoms with E-state index >= 15 is 0 Å². The molecule has 2 aliphatic rings. The molecule has 0 aromatic heterocycles. The van der Waals surface area contributed by atoms with E-state index in [4.69, 9.17) is 4.74 Å². The first-order valence-corrected chi connectivity index (χ1v) is 4.61. The molecule has 0 spiro atoms. The van der Waals surface area contributed by atoms with Gasteiger partial charge in [-0.1, -0.05) is 32.1 Å². The normalized spacial score (nSPS) is 23.8. The molecule has 1 heteroatoms. The summed E-state index contributed by atoms with van der Waals surface area (Å²) in [5.41, 5.74) is 1.41. The second kappa shape index (κ2) is 2.91. The van der Waals surface area contributed by atoms with Gasteiger partial charge in [0.05, 0.1) is 6.26 Å². The Morgan fingerprint density at radius 1 is 1.23 bits per heavy atom. The van der Waals surface area contributed by atoms with Crippen LogP contribution in [0.3, 0.4) is 0 Å². The highest BCUT2D eigenvalue weighted by Gasteiger charge is 2.15. The van der Waals surface area contributed by atoms with E-state index in [1.165, 1.54) is 5.57 Å². The maximum atomic E-state index is 5.42. The summed E-state index contributed by atoms with van der Waals surface area (Å²) in [5, 5.41) is 0. The summed E-state index contributed by atoms with van der Waals surface area (Å²) in [6, 6.07) is 0. The Morgan fingerprint density at radius 2 is 2.00 bits per heavy atom. The SMILES string of the molecule is CC1(C)C=CC2=C(C=C1)OC=CC2. The Hall–Kier alpha value is -1.24. The molecule has 2 rings (SSSR count). The number of ether oxygens (including phenoxy) is 1. The third kappa shape index (κ3) is 1.74. The van der Waals surface area contributed by atoms with Gasteiger partial charge >= 0.3 is 0 Å². The van der Waals surface area contributed by atoms with E-state index in [0.29, 0.717) is 0 Å². The van der Waals surface area contributed by atoms with Crippen molar-refractivity contribution in [1.29, 1.82) is 0 Å². The van der Waals surface area contributed by atoms with Crippen LogP contribution in [0.15, 0.2) is 48.0 Å². The van der Waals surface area contributed by atoms with Crippen molar-refractivity contribution in [3.8, 4) is 0 Å². The van der Waals surface area contributed by atoms with Crippen molar-refractivity contribution in [2.45, 2.75) is 20.3 Å². The van der Waals surface area contributed by atoms with Gasteiger partial charge in [0.25, 0.3) is 0 Å². The van der Waals surface area contributed by atoms with E-state index in [0.717, 1.165) is 12.2 Å². The molecule has 0 saturated heterocycles. The predicted octanol–water partition coefficient (Wildman–Crippen LogP) is 3.33. The van der Waals surface area contributed by atoms with Crippen LogP contribution in [0.4, 0.5) is 0 Å². The molecule has 0 atom stereocenters. The van der Waals surface area contributed by atoms with Crippen molar-refractivity contribution in [1.82, 2.24) is 0 Å². The van der Waals surface area contributed by atoms with Gasteiger partial charge in [0.2, 0.25) is 0 Å². The van der Waals surface area contributed by atoms with Crippen LogP contribution in [0, 0.1) is 5.41 Å². The highest BCUT2D eigenvalue weighted by atomic mass is 16.5. The van der Waals surface area contributed by atoms with Crippen molar-refractivity contribution in [2.75, 3.05) is 0 Å². The lowest BCUT2D eigenvalue weighted by Gasteiger charge is -2.12. The third-order valence-corrected chi connectivity index (χ3v) is 2.32. The molecule has 0 unspecified atom stereocenters. The van der Waals surface area contributed by atoms with Crippen LogP contribution in [0.25, 0.3) is 0 Å². The van der Waals surface area contributed by atoms with Crippen LogP contribution in [0.5, 0.6) is 0 Å². The molecule has 0 aromatic rings. The van der Waals surface area contributed by atoms with E-state index in [2.05, 4.69) is 38.2 Å². The third-order valence-electron chi connectivity index (χ3n) is 2.32. The summed E-state index contributed by atoms with van der Waals surface area (Å²) in [4.78, 5) is 0. The molecule has 0 bridgehead atoms. The van der Waals surface area contributed by atoms with Crippen LogP contribution in [-0.2, 0) is 4.74 Å². The van der Waals surface area contributed by atoms with Crippen LogP contribution in [0.1, 0.15) is 20.3 Å². The van der Waals surface area contributed by atoms with Gasteiger partial charge in [0.1, 0.15) is 5.76 Å². The summed E-state index contributed by atoms with van der Waals surface area (Å²) >= 11 is 0. The van der Waals surface area contributed by atoms with E-state index in [-0.39, 0.29) is 5.41 Å². The lowest BCUT2D eigenvalue weighted by atomic mass is 9.93. The Balaban J connectivity index is 2.33. The zero-order valence-corrected chi connectivity index (χ0v) is 8.08. The predicted molar refractivity (Wildman–Crippen MR) is 53.9 cm³/mol. The fourth-order valence-corrected chi connectivity index (χ4v) is 1.43. The van der Waals surface area contributed by atoms with Crippen molar-refractivity contribution in [2.24, 2.45) is 5.41 Å². The zero-order valence-electron chi connectivity index (χ0n) is 8.08. The summed E-state index contributed by atoms with van der Waals surface area (Å²) < 4.78 is 5.42. The molecule has 0 fully saturated rings. The van der Waals surface area contributed by atoms with E-state index < -0.39 is 0 Å².